The van der Waals surface area contributed by atoms with Crippen LogP contribution in [0.1, 0.15) is 30.1 Å². The van der Waals surface area contributed by atoms with Gasteiger partial charge in [0.2, 0.25) is 5.82 Å². The Balaban J connectivity index is 1.50. The summed E-state index contributed by atoms with van der Waals surface area (Å²) in [6.07, 6.45) is 2.08. The van der Waals surface area contributed by atoms with Gasteiger partial charge in [-0.1, -0.05) is 43.7 Å². The molecule has 8 heteroatoms. The molecular weight excluding hydrogens is 372 g/mol. The molecule has 0 atom stereocenters. The fraction of sp³-hybridized carbons (Fsp3) is 0.286. The minimum Gasteiger partial charge on any atom is -0.494 e. The number of carbonyl (C=O) groups is 2. The van der Waals surface area contributed by atoms with Crippen molar-refractivity contribution >= 4 is 11.8 Å². The number of tetrazole rings is 1. The topological polar surface area (TPSA) is 96.2 Å². The third kappa shape index (κ3) is 5.97. The standard InChI is InChI=1S/C21H22N4O4/c1-2-3-13-28-18-11-9-17(10-12-18)21-22-24-25(23-21)14-20(27)29-15-19(26)16-7-5-4-6-8-16/h4-12H,2-3,13-15H2,1H3. The van der Waals surface area contributed by atoms with E-state index in [2.05, 4.69) is 22.3 Å². The highest BCUT2D eigenvalue weighted by Gasteiger charge is 2.13. The first-order chi connectivity index (χ1) is 14.2. The number of aromatic nitrogens is 4. The third-order valence-corrected chi connectivity index (χ3v) is 4.06. The van der Waals surface area contributed by atoms with E-state index in [9.17, 15) is 9.59 Å². The first kappa shape index (κ1) is 20.2. The Kier molecular flexibility index (Phi) is 7.05. The van der Waals surface area contributed by atoms with Crippen LogP contribution in [0.25, 0.3) is 11.4 Å². The van der Waals surface area contributed by atoms with Crippen molar-refractivity contribution in [3.63, 3.8) is 0 Å². The van der Waals surface area contributed by atoms with Crippen molar-refractivity contribution in [3.8, 4) is 17.1 Å². The molecule has 0 aliphatic heterocycles. The molecule has 0 unspecified atom stereocenters. The predicted octanol–water partition coefficient (Wildman–Crippen LogP) is 2.95. The molecule has 3 rings (SSSR count). The Labute approximate surface area is 168 Å². The highest BCUT2D eigenvalue weighted by Crippen LogP contribution is 2.19. The van der Waals surface area contributed by atoms with Gasteiger partial charge >= 0.3 is 5.97 Å². The Bertz CT molecular complexity index is 939. The molecule has 8 nitrogen and oxygen atoms in total. The smallest absolute Gasteiger partial charge is 0.330 e. The zero-order valence-electron chi connectivity index (χ0n) is 16.2. The van der Waals surface area contributed by atoms with Crippen LogP contribution in [0.4, 0.5) is 0 Å². The monoisotopic (exact) mass is 394 g/mol. The SMILES string of the molecule is CCCCOc1ccc(-c2nnn(CC(=O)OCC(=O)c3ccccc3)n2)cc1. The summed E-state index contributed by atoms with van der Waals surface area (Å²) in [4.78, 5) is 25.0. The van der Waals surface area contributed by atoms with Crippen LogP contribution in [0.5, 0.6) is 5.75 Å². The number of carbonyl (C=O) groups excluding carboxylic acids is 2. The van der Waals surface area contributed by atoms with Crippen molar-refractivity contribution in [1.29, 1.82) is 0 Å². The molecule has 150 valence electrons. The molecule has 3 aromatic rings. The maximum absolute atomic E-state index is 12.0. The van der Waals surface area contributed by atoms with Gasteiger partial charge in [-0.15, -0.1) is 10.2 Å². The summed E-state index contributed by atoms with van der Waals surface area (Å²) < 4.78 is 10.6. The lowest BCUT2D eigenvalue weighted by molar-refractivity contribution is -0.143. The highest BCUT2D eigenvalue weighted by molar-refractivity contribution is 5.97. The molecule has 0 saturated heterocycles. The lowest BCUT2D eigenvalue weighted by Crippen LogP contribution is -2.19. The molecule has 2 aromatic carbocycles. The van der Waals surface area contributed by atoms with E-state index < -0.39 is 5.97 Å². The van der Waals surface area contributed by atoms with E-state index in [1.54, 1.807) is 24.3 Å². The molecule has 0 saturated carbocycles. The van der Waals surface area contributed by atoms with Crippen molar-refractivity contribution in [2.24, 2.45) is 0 Å². The molecule has 1 aromatic heterocycles. The zero-order valence-corrected chi connectivity index (χ0v) is 16.2. The van der Waals surface area contributed by atoms with Gasteiger partial charge in [-0.25, -0.2) is 4.79 Å². The molecule has 29 heavy (non-hydrogen) atoms. The number of hydrogen-bond acceptors (Lipinski definition) is 7. The molecule has 0 aliphatic carbocycles. The molecule has 0 bridgehead atoms. The number of nitrogens with zero attached hydrogens (tertiary/aromatic N) is 4. The van der Waals surface area contributed by atoms with Crippen LogP contribution >= 0.6 is 0 Å². The maximum atomic E-state index is 12.0. The number of esters is 1. The van der Waals surface area contributed by atoms with Crippen LogP contribution in [-0.2, 0) is 16.1 Å². The van der Waals surface area contributed by atoms with Crippen molar-refractivity contribution in [3.05, 3.63) is 60.2 Å². The number of unbranched alkanes of at least 4 members (excludes halogenated alkanes) is 1. The van der Waals surface area contributed by atoms with E-state index in [-0.39, 0.29) is 18.9 Å². The first-order valence-electron chi connectivity index (χ1n) is 9.40. The molecule has 0 amide bonds. The van der Waals surface area contributed by atoms with Crippen LogP contribution in [0.2, 0.25) is 0 Å². The van der Waals surface area contributed by atoms with Gasteiger partial charge in [0.25, 0.3) is 0 Å². The molecule has 0 N–H and O–H groups in total. The molecule has 1 heterocycles. The Morgan fingerprint density at radius 1 is 1.03 bits per heavy atom. The number of hydrogen-bond donors (Lipinski definition) is 0. The van der Waals surface area contributed by atoms with Crippen LogP contribution in [-0.4, -0.2) is 45.2 Å². The second-order valence-electron chi connectivity index (χ2n) is 6.32. The summed E-state index contributed by atoms with van der Waals surface area (Å²) in [5, 5.41) is 12.0. The second-order valence-corrected chi connectivity index (χ2v) is 6.32. The molecule has 0 aliphatic rings. The minimum absolute atomic E-state index is 0.229. The number of ether oxygens (including phenoxy) is 2. The average Bonchev–Trinajstić information content (AvgIpc) is 3.21. The van der Waals surface area contributed by atoms with Gasteiger partial charge in [-0.3, -0.25) is 4.79 Å². The maximum Gasteiger partial charge on any atom is 0.330 e. The van der Waals surface area contributed by atoms with Gasteiger partial charge in [0.1, 0.15) is 5.75 Å². The Morgan fingerprint density at radius 3 is 2.52 bits per heavy atom. The normalized spacial score (nSPS) is 10.5. The minimum atomic E-state index is -0.613. The summed E-state index contributed by atoms with van der Waals surface area (Å²) >= 11 is 0. The van der Waals surface area contributed by atoms with E-state index >= 15 is 0 Å². The van der Waals surface area contributed by atoms with Gasteiger partial charge in [0.05, 0.1) is 6.61 Å². The zero-order chi connectivity index (χ0) is 20.5. The van der Waals surface area contributed by atoms with Crippen LogP contribution < -0.4 is 4.74 Å². The Morgan fingerprint density at radius 2 is 1.79 bits per heavy atom. The number of benzene rings is 2. The van der Waals surface area contributed by atoms with E-state index in [4.69, 9.17) is 9.47 Å². The highest BCUT2D eigenvalue weighted by atomic mass is 16.5. The van der Waals surface area contributed by atoms with Crippen LogP contribution in [0, 0.1) is 0 Å². The largest absolute Gasteiger partial charge is 0.494 e. The summed E-state index contributed by atoms with van der Waals surface area (Å²) in [5.74, 6) is 0.282. The van der Waals surface area contributed by atoms with Gasteiger partial charge in [0.15, 0.2) is 18.9 Å². The van der Waals surface area contributed by atoms with Gasteiger partial charge in [-0.05, 0) is 35.9 Å². The lowest BCUT2D eigenvalue weighted by Gasteiger charge is -2.05. The first-order valence-corrected chi connectivity index (χ1v) is 9.40. The number of rotatable bonds is 10. The van der Waals surface area contributed by atoms with Crippen molar-refractivity contribution in [2.45, 2.75) is 26.3 Å². The van der Waals surface area contributed by atoms with Crippen LogP contribution in [0.15, 0.2) is 54.6 Å². The van der Waals surface area contributed by atoms with E-state index in [1.165, 1.54) is 0 Å². The van der Waals surface area contributed by atoms with E-state index in [1.807, 2.05) is 30.3 Å². The Hall–Kier alpha value is -3.55. The number of ketones is 1. The van der Waals surface area contributed by atoms with Crippen LogP contribution in [0.3, 0.4) is 0 Å². The van der Waals surface area contributed by atoms with E-state index in [0.29, 0.717) is 18.0 Å². The molecular formula is C21H22N4O4. The van der Waals surface area contributed by atoms with E-state index in [0.717, 1.165) is 29.0 Å². The lowest BCUT2D eigenvalue weighted by atomic mass is 10.1. The molecule has 0 spiro atoms. The van der Waals surface area contributed by atoms with Gasteiger partial charge in [0, 0.05) is 11.1 Å². The van der Waals surface area contributed by atoms with Gasteiger partial charge < -0.3 is 9.47 Å². The summed E-state index contributed by atoms with van der Waals surface area (Å²) in [7, 11) is 0. The summed E-state index contributed by atoms with van der Waals surface area (Å²) in [5.41, 5.74) is 1.25. The average molecular weight is 394 g/mol. The fourth-order valence-electron chi connectivity index (χ4n) is 2.47. The van der Waals surface area contributed by atoms with Crippen molar-refractivity contribution in [2.75, 3.05) is 13.2 Å². The molecule has 0 fully saturated rings. The fourth-order valence-corrected chi connectivity index (χ4v) is 2.47. The quantitative estimate of drug-likeness (QED) is 0.296. The predicted molar refractivity (Wildman–Crippen MR) is 105 cm³/mol. The number of Topliss-reactive ketones (excluding diaryl/α,β-unsaturated/α-hetero) is 1. The second kappa shape index (κ2) is 10.1. The van der Waals surface area contributed by atoms with Crippen molar-refractivity contribution < 1.29 is 19.1 Å². The van der Waals surface area contributed by atoms with Gasteiger partial charge in [-0.2, -0.15) is 4.80 Å². The summed E-state index contributed by atoms with van der Waals surface area (Å²) in [6.45, 7) is 2.23. The summed E-state index contributed by atoms with van der Waals surface area (Å²) in [6, 6.07) is 16.0. The molecule has 0 radical (unpaired) electrons. The third-order valence-electron chi connectivity index (χ3n) is 4.06. The van der Waals surface area contributed by atoms with Crippen molar-refractivity contribution in [1.82, 2.24) is 20.2 Å².